The molecule has 0 aromatic rings. The average molecular weight is 436 g/mol. The van der Waals surface area contributed by atoms with Crippen molar-refractivity contribution in [3.05, 3.63) is 23.7 Å². The molecule has 1 N–H and O–H groups in total. The highest BCUT2D eigenvalue weighted by molar-refractivity contribution is 7.15. The Labute approximate surface area is 177 Å². The Bertz CT molecular complexity index is 833. The SMILES string of the molecule is C[Si](C)(Cl)OC1=C2O[C@H]3C(=O)CC[C@@]4(O)[C@H]5CC(C=C1)C2[C@@]34CCN5CC1CC1. The summed E-state index contributed by atoms with van der Waals surface area (Å²) in [4.78, 5) is 15.6. The number of piperidine rings is 1. The van der Waals surface area contributed by atoms with Gasteiger partial charge in [0.2, 0.25) is 0 Å². The van der Waals surface area contributed by atoms with Crippen molar-refractivity contribution in [3.8, 4) is 0 Å². The second kappa shape index (κ2) is 5.90. The summed E-state index contributed by atoms with van der Waals surface area (Å²) in [6, 6.07) is 0.114. The normalized spacial score (nSPS) is 45.9. The van der Waals surface area contributed by atoms with E-state index in [1.807, 2.05) is 19.2 Å². The van der Waals surface area contributed by atoms with Crippen LogP contribution in [-0.2, 0) is 14.0 Å². The number of rotatable bonds is 4. The molecule has 0 aromatic heterocycles. The molecule has 2 aliphatic heterocycles. The van der Waals surface area contributed by atoms with Gasteiger partial charge in [0.25, 0.3) is 0 Å². The first-order valence-electron chi connectivity index (χ1n) is 11.2. The van der Waals surface area contributed by atoms with Crippen molar-refractivity contribution in [2.75, 3.05) is 13.1 Å². The number of ether oxygens (including phenoxy) is 1. The largest absolute Gasteiger partial charge is 0.527 e. The van der Waals surface area contributed by atoms with Gasteiger partial charge in [0.1, 0.15) is 11.5 Å². The second-order valence-corrected chi connectivity index (χ2v) is 16.2. The molecule has 6 aliphatic rings. The zero-order valence-corrected chi connectivity index (χ0v) is 19.0. The molecule has 0 aromatic carbocycles. The minimum Gasteiger partial charge on any atom is -0.527 e. The highest BCUT2D eigenvalue weighted by Crippen LogP contribution is 2.69. The number of hydrogen-bond donors (Lipinski definition) is 1. The number of allylic oxidation sites excluding steroid dienone is 3. The fourth-order valence-electron chi connectivity index (χ4n) is 7.20. The molecular formula is C22H30ClNO4Si. The zero-order chi connectivity index (χ0) is 20.2. The molecule has 2 unspecified atom stereocenters. The number of ketones is 1. The van der Waals surface area contributed by atoms with E-state index in [0.29, 0.717) is 18.6 Å². The van der Waals surface area contributed by atoms with Crippen LogP contribution in [0.2, 0.25) is 13.1 Å². The molecule has 1 spiro atoms. The molecule has 2 bridgehead atoms. The summed E-state index contributed by atoms with van der Waals surface area (Å²) >= 11 is 6.49. The molecule has 3 saturated carbocycles. The third-order valence-corrected chi connectivity index (χ3v) is 9.35. The fourth-order valence-corrected chi connectivity index (χ4v) is 8.14. The Hall–Kier alpha value is -0.823. The van der Waals surface area contributed by atoms with Crippen molar-refractivity contribution in [2.24, 2.45) is 23.2 Å². The van der Waals surface area contributed by atoms with Gasteiger partial charge in [-0.1, -0.05) is 6.08 Å². The van der Waals surface area contributed by atoms with Crippen LogP contribution in [0.1, 0.15) is 38.5 Å². The van der Waals surface area contributed by atoms with E-state index in [1.54, 1.807) is 0 Å². The first-order valence-corrected chi connectivity index (χ1v) is 15.1. The van der Waals surface area contributed by atoms with Crippen LogP contribution in [-0.4, -0.2) is 54.3 Å². The zero-order valence-electron chi connectivity index (χ0n) is 17.2. The van der Waals surface area contributed by atoms with Crippen LogP contribution < -0.4 is 0 Å². The lowest BCUT2D eigenvalue weighted by atomic mass is 9.44. The highest BCUT2D eigenvalue weighted by Gasteiger charge is 2.77. The van der Waals surface area contributed by atoms with Crippen molar-refractivity contribution in [2.45, 2.75) is 69.4 Å². The molecule has 0 amide bonds. The molecule has 4 aliphatic carbocycles. The van der Waals surface area contributed by atoms with Crippen LogP contribution in [0.25, 0.3) is 0 Å². The van der Waals surface area contributed by atoms with Gasteiger partial charge in [-0.05, 0) is 69.7 Å². The molecule has 2 saturated heterocycles. The summed E-state index contributed by atoms with van der Waals surface area (Å²) in [5.74, 6) is 2.71. The van der Waals surface area contributed by atoms with E-state index in [0.717, 1.165) is 37.6 Å². The summed E-state index contributed by atoms with van der Waals surface area (Å²) in [6.07, 6.45) is 9.03. The Morgan fingerprint density at radius 3 is 2.90 bits per heavy atom. The number of Topliss-reactive ketones (excluding diaryl/α,β-unsaturated/α-hetero) is 1. The monoisotopic (exact) mass is 435 g/mol. The highest BCUT2D eigenvalue weighted by atomic mass is 35.6. The number of hydrogen-bond acceptors (Lipinski definition) is 5. The number of likely N-dealkylation sites (tertiary alicyclic amines) is 1. The van der Waals surface area contributed by atoms with Gasteiger partial charge >= 0.3 is 7.63 Å². The number of carbonyl (C=O) groups is 1. The molecule has 7 heteroatoms. The molecule has 2 heterocycles. The summed E-state index contributed by atoms with van der Waals surface area (Å²) in [5.41, 5.74) is -1.39. The lowest BCUT2D eigenvalue weighted by Crippen LogP contribution is -2.76. The third kappa shape index (κ3) is 2.49. The van der Waals surface area contributed by atoms with Crippen molar-refractivity contribution >= 4 is 24.5 Å². The van der Waals surface area contributed by atoms with E-state index in [1.165, 1.54) is 12.8 Å². The molecule has 29 heavy (non-hydrogen) atoms. The lowest BCUT2D eigenvalue weighted by molar-refractivity contribution is -0.244. The Morgan fingerprint density at radius 2 is 2.17 bits per heavy atom. The van der Waals surface area contributed by atoms with Crippen LogP contribution in [0.15, 0.2) is 23.7 Å². The second-order valence-electron chi connectivity index (χ2n) is 10.6. The topological polar surface area (TPSA) is 59.0 Å². The van der Waals surface area contributed by atoms with E-state index in [4.69, 9.17) is 20.2 Å². The number of nitrogens with zero attached hydrogens (tertiary/aromatic N) is 1. The third-order valence-electron chi connectivity index (χ3n) is 8.41. The summed E-state index contributed by atoms with van der Waals surface area (Å²) in [5, 5.41) is 12.3. The maximum Gasteiger partial charge on any atom is 0.341 e. The van der Waals surface area contributed by atoms with Crippen LogP contribution in [0.5, 0.6) is 0 Å². The summed E-state index contributed by atoms with van der Waals surface area (Å²) in [7, 11) is -2.34. The molecule has 158 valence electrons. The van der Waals surface area contributed by atoms with Gasteiger partial charge in [-0.3, -0.25) is 9.69 Å². The first kappa shape index (κ1) is 18.9. The van der Waals surface area contributed by atoms with Crippen LogP contribution in [0, 0.1) is 23.2 Å². The Balaban J connectivity index is 1.47. The maximum absolute atomic E-state index is 13.0. The fraction of sp³-hybridized carbons (Fsp3) is 0.773. The molecule has 6 atom stereocenters. The molecule has 6 rings (SSSR count). The molecule has 5 fully saturated rings. The van der Waals surface area contributed by atoms with E-state index in [-0.39, 0.29) is 23.7 Å². The number of halogens is 1. The Morgan fingerprint density at radius 1 is 1.38 bits per heavy atom. The number of aliphatic hydroxyl groups is 1. The number of carbonyl (C=O) groups excluding carboxylic acids is 1. The van der Waals surface area contributed by atoms with E-state index >= 15 is 0 Å². The van der Waals surface area contributed by atoms with E-state index < -0.39 is 24.7 Å². The molecule has 0 radical (unpaired) electrons. The van der Waals surface area contributed by atoms with Crippen LogP contribution in [0.3, 0.4) is 0 Å². The minimum atomic E-state index is -2.34. The predicted octanol–water partition coefficient (Wildman–Crippen LogP) is 3.32. The van der Waals surface area contributed by atoms with Crippen molar-refractivity contribution < 1.29 is 19.1 Å². The maximum atomic E-state index is 13.0. The van der Waals surface area contributed by atoms with E-state index in [2.05, 4.69) is 11.0 Å². The van der Waals surface area contributed by atoms with Gasteiger partial charge in [0.05, 0.1) is 11.0 Å². The van der Waals surface area contributed by atoms with Gasteiger partial charge in [-0.15, -0.1) is 11.1 Å². The Kier molecular flexibility index (Phi) is 3.85. The van der Waals surface area contributed by atoms with Crippen molar-refractivity contribution in [1.82, 2.24) is 4.90 Å². The standard InChI is InChI=1S/C22H30ClNO4Si/c1-29(2,23)28-16-6-5-14-11-17-22(26)8-7-15(25)20-21(22,18(14)19(16)27-20)9-10-24(17)12-13-3-4-13/h5-6,13-14,17-18,20,26H,3-4,7-12H2,1-2H3/t14?,17-,18?,20+,21+,22-/m1/s1. The molecular weight excluding hydrogens is 406 g/mol. The summed E-state index contributed by atoms with van der Waals surface area (Å²) < 4.78 is 12.6. The van der Waals surface area contributed by atoms with Crippen LogP contribution in [0.4, 0.5) is 0 Å². The quantitative estimate of drug-likeness (QED) is 0.542. The first-order chi connectivity index (χ1) is 13.7. The average Bonchev–Trinajstić information content (AvgIpc) is 3.38. The van der Waals surface area contributed by atoms with Gasteiger partial charge < -0.3 is 14.3 Å². The minimum absolute atomic E-state index is 0.0223. The van der Waals surface area contributed by atoms with E-state index in [9.17, 15) is 9.90 Å². The smallest absolute Gasteiger partial charge is 0.341 e. The van der Waals surface area contributed by atoms with Crippen molar-refractivity contribution in [3.63, 3.8) is 0 Å². The van der Waals surface area contributed by atoms with Gasteiger partial charge in [0, 0.05) is 24.9 Å². The van der Waals surface area contributed by atoms with Crippen molar-refractivity contribution in [1.29, 1.82) is 0 Å². The lowest BCUT2D eigenvalue weighted by Gasteiger charge is -2.65. The molecule has 5 nitrogen and oxygen atoms in total. The predicted molar refractivity (Wildman–Crippen MR) is 111 cm³/mol. The van der Waals surface area contributed by atoms with Gasteiger partial charge in [-0.2, -0.15) is 0 Å². The van der Waals surface area contributed by atoms with Gasteiger partial charge in [-0.25, -0.2) is 0 Å². The van der Waals surface area contributed by atoms with Crippen LogP contribution >= 0.6 is 11.1 Å². The van der Waals surface area contributed by atoms with Gasteiger partial charge in [0.15, 0.2) is 11.9 Å². The summed E-state index contributed by atoms with van der Waals surface area (Å²) in [6.45, 7) is 5.92.